The molecular formula is C75H145NO10. The lowest BCUT2D eigenvalue weighted by molar-refractivity contribution is -0.302. The summed E-state index contributed by atoms with van der Waals surface area (Å²) in [6.07, 6.45) is 71.0. The molecule has 1 aliphatic rings. The zero-order chi connectivity index (χ0) is 62.3. The minimum Gasteiger partial charge on any atom is -0.466 e. The molecule has 0 bridgehead atoms. The van der Waals surface area contributed by atoms with Crippen LogP contribution in [-0.4, -0.2) is 100 Å². The Morgan fingerprint density at radius 2 is 0.733 bits per heavy atom. The van der Waals surface area contributed by atoms with Crippen molar-refractivity contribution in [3.05, 3.63) is 12.2 Å². The Balaban J connectivity index is 1.87. The van der Waals surface area contributed by atoms with Crippen LogP contribution in [0.1, 0.15) is 393 Å². The van der Waals surface area contributed by atoms with Crippen molar-refractivity contribution < 1.29 is 49.3 Å². The average molecular weight is 1220 g/mol. The van der Waals surface area contributed by atoms with Gasteiger partial charge in [0.2, 0.25) is 5.91 Å². The molecule has 1 saturated heterocycles. The summed E-state index contributed by atoms with van der Waals surface area (Å²) in [6, 6.07) is -0.804. The second kappa shape index (κ2) is 64.9. The summed E-state index contributed by atoms with van der Waals surface area (Å²) < 4.78 is 16.8. The van der Waals surface area contributed by atoms with Crippen molar-refractivity contribution in [2.75, 3.05) is 19.8 Å². The molecule has 510 valence electrons. The molecule has 1 rings (SSSR count). The van der Waals surface area contributed by atoms with Gasteiger partial charge in [0.25, 0.3) is 0 Å². The standard InChI is InChI=1S/C75H145NO10/c1-3-5-7-9-11-13-15-16-36-40-43-47-51-55-59-63-71(80)84-64-60-56-52-48-44-41-38-35-33-31-29-27-25-23-21-19-17-18-20-22-24-26-28-30-32-34-37-39-42-46-50-54-58-62-70(79)76-67(66-85-75-74(83)73(82)72(81)69(65-77)86-75)68(78)61-57-53-49-45-14-12-10-8-6-4-2/h57,61,67-69,72-75,77-78,81-83H,3-56,58-60,62-66H2,1-2H3,(H,76,79)/b61-57+. The maximum Gasteiger partial charge on any atom is 0.305 e. The normalized spacial score (nSPS) is 17.9. The minimum absolute atomic E-state index is 0.0183. The Morgan fingerprint density at radius 1 is 0.419 bits per heavy atom. The maximum atomic E-state index is 13.0. The number of aliphatic hydroxyl groups is 5. The van der Waals surface area contributed by atoms with E-state index in [1.807, 2.05) is 6.08 Å². The van der Waals surface area contributed by atoms with Crippen LogP contribution in [0.5, 0.6) is 0 Å². The molecule has 0 aliphatic carbocycles. The van der Waals surface area contributed by atoms with Gasteiger partial charge in [0.05, 0.1) is 32.0 Å². The van der Waals surface area contributed by atoms with Crippen molar-refractivity contribution in [3.8, 4) is 0 Å². The summed E-state index contributed by atoms with van der Waals surface area (Å²) in [4.78, 5) is 25.1. The van der Waals surface area contributed by atoms with E-state index in [-0.39, 0.29) is 18.5 Å². The SMILES string of the molecule is CCCCCCCCCC/C=C/C(O)C(COC1OC(CO)C(O)C(O)C1O)NC(=O)CCCCCCCCCCCCCCCCCCCCCCCCCCCCCCCCCCCOC(=O)CCCCCCCCCCCCCCCCC. The Hall–Kier alpha value is -1.60. The number of carbonyl (C=O) groups excluding carboxylic acids is 2. The molecule has 0 saturated carbocycles. The summed E-state index contributed by atoms with van der Waals surface area (Å²) >= 11 is 0. The Bertz CT molecular complexity index is 1430. The van der Waals surface area contributed by atoms with Gasteiger partial charge in [-0.25, -0.2) is 0 Å². The number of allylic oxidation sites excluding steroid dienone is 1. The predicted molar refractivity (Wildman–Crippen MR) is 362 cm³/mol. The maximum absolute atomic E-state index is 13.0. The van der Waals surface area contributed by atoms with Crippen molar-refractivity contribution in [1.29, 1.82) is 0 Å². The second-order valence-electron chi connectivity index (χ2n) is 26.7. The van der Waals surface area contributed by atoms with Crippen LogP contribution in [-0.2, 0) is 23.8 Å². The largest absolute Gasteiger partial charge is 0.466 e. The van der Waals surface area contributed by atoms with Crippen LogP contribution >= 0.6 is 0 Å². The Labute approximate surface area is 531 Å². The second-order valence-corrected chi connectivity index (χ2v) is 26.7. The third-order valence-electron chi connectivity index (χ3n) is 18.4. The number of unbranched alkanes of at least 4 members (excludes halogenated alkanes) is 54. The van der Waals surface area contributed by atoms with E-state index in [1.54, 1.807) is 6.08 Å². The van der Waals surface area contributed by atoms with Gasteiger partial charge in [-0.2, -0.15) is 0 Å². The fourth-order valence-corrected chi connectivity index (χ4v) is 12.4. The molecule has 1 aliphatic heterocycles. The first-order valence-electron chi connectivity index (χ1n) is 38.0. The summed E-state index contributed by atoms with van der Waals surface area (Å²) in [5, 5.41) is 54.4. The quantitative estimate of drug-likeness (QED) is 0.0195. The molecule has 0 aromatic heterocycles. The Kier molecular flexibility index (Phi) is 62.2. The lowest BCUT2D eigenvalue weighted by Gasteiger charge is -2.40. The Morgan fingerprint density at radius 3 is 1.08 bits per heavy atom. The van der Waals surface area contributed by atoms with Gasteiger partial charge in [0, 0.05) is 12.8 Å². The molecule has 86 heavy (non-hydrogen) atoms. The minimum atomic E-state index is -1.57. The van der Waals surface area contributed by atoms with E-state index < -0.39 is 49.5 Å². The van der Waals surface area contributed by atoms with Gasteiger partial charge >= 0.3 is 5.97 Å². The summed E-state index contributed by atoms with van der Waals surface area (Å²) in [5.41, 5.74) is 0. The first kappa shape index (κ1) is 82.4. The number of nitrogens with one attached hydrogen (secondary N) is 1. The third-order valence-corrected chi connectivity index (χ3v) is 18.4. The molecule has 11 heteroatoms. The van der Waals surface area contributed by atoms with Crippen LogP contribution in [0.3, 0.4) is 0 Å². The van der Waals surface area contributed by atoms with Crippen molar-refractivity contribution in [2.24, 2.45) is 0 Å². The van der Waals surface area contributed by atoms with Crippen LogP contribution in [0.25, 0.3) is 0 Å². The number of ether oxygens (including phenoxy) is 3. The fraction of sp³-hybridized carbons (Fsp3) is 0.947. The number of rotatable bonds is 68. The van der Waals surface area contributed by atoms with Crippen molar-refractivity contribution in [3.63, 3.8) is 0 Å². The number of aliphatic hydroxyl groups excluding tert-OH is 5. The number of hydrogen-bond donors (Lipinski definition) is 6. The van der Waals surface area contributed by atoms with E-state index >= 15 is 0 Å². The summed E-state index contributed by atoms with van der Waals surface area (Å²) in [6.45, 7) is 4.38. The lowest BCUT2D eigenvalue weighted by Crippen LogP contribution is -2.60. The van der Waals surface area contributed by atoms with Crippen LogP contribution in [0.15, 0.2) is 12.2 Å². The topological polar surface area (TPSA) is 175 Å². The van der Waals surface area contributed by atoms with Crippen LogP contribution in [0, 0.1) is 0 Å². The molecule has 1 heterocycles. The highest BCUT2D eigenvalue weighted by molar-refractivity contribution is 5.76. The zero-order valence-electron chi connectivity index (χ0n) is 56.8. The molecule has 7 atom stereocenters. The molecule has 0 radical (unpaired) electrons. The predicted octanol–water partition coefficient (Wildman–Crippen LogP) is 19.8. The monoisotopic (exact) mass is 1220 g/mol. The van der Waals surface area contributed by atoms with Crippen molar-refractivity contribution in [1.82, 2.24) is 5.32 Å². The van der Waals surface area contributed by atoms with Gasteiger partial charge in [0.15, 0.2) is 6.29 Å². The molecular weight excluding hydrogens is 1070 g/mol. The lowest BCUT2D eigenvalue weighted by atomic mass is 9.99. The molecule has 7 unspecified atom stereocenters. The number of esters is 1. The molecule has 11 nitrogen and oxygen atoms in total. The van der Waals surface area contributed by atoms with E-state index in [4.69, 9.17) is 14.2 Å². The first-order chi connectivity index (χ1) is 42.2. The number of hydrogen-bond acceptors (Lipinski definition) is 10. The first-order valence-corrected chi connectivity index (χ1v) is 38.0. The van der Waals surface area contributed by atoms with Crippen LogP contribution < -0.4 is 5.32 Å². The number of amides is 1. The molecule has 1 fully saturated rings. The van der Waals surface area contributed by atoms with E-state index in [2.05, 4.69) is 19.2 Å². The molecule has 1 amide bonds. The number of carbonyl (C=O) groups is 2. The molecule has 0 aromatic rings. The van der Waals surface area contributed by atoms with E-state index in [1.165, 1.54) is 315 Å². The summed E-state index contributed by atoms with van der Waals surface area (Å²) in [7, 11) is 0. The highest BCUT2D eigenvalue weighted by atomic mass is 16.7. The molecule has 0 spiro atoms. The van der Waals surface area contributed by atoms with Crippen LogP contribution in [0.2, 0.25) is 0 Å². The average Bonchev–Trinajstić information content (AvgIpc) is 2.82. The van der Waals surface area contributed by atoms with Crippen LogP contribution in [0.4, 0.5) is 0 Å². The van der Waals surface area contributed by atoms with E-state index in [0.29, 0.717) is 19.4 Å². The van der Waals surface area contributed by atoms with Gasteiger partial charge in [-0.15, -0.1) is 0 Å². The summed E-state index contributed by atoms with van der Waals surface area (Å²) in [5.74, 6) is -0.158. The van der Waals surface area contributed by atoms with Gasteiger partial charge in [-0.1, -0.05) is 360 Å². The van der Waals surface area contributed by atoms with Gasteiger partial charge in [0.1, 0.15) is 24.4 Å². The van der Waals surface area contributed by atoms with E-state index in [9.17, 15) is 35.1 Å². The fourth-order valence-electron chi connectivity index (χ4n) is 12.4. The zero-order valence-corrected chi connectivity index (χ0v) is 56.8. The van der Waals surface area contributed by atoms with Gasteiger partial charge in [-0.05, 0) is 32.1 Å². The molecule has 0 aromatic carbocycles. The smallest absolute Gasteiger partial charge is 0.305 e. The highest BCUT2D eigenvalue weighted by Gasteiger charge is 2.44. The van der Waals surface area contributed by atoms with Crippen molar-refractivity contribution >= 4 is 11.9 Å². The third kappa shape index (κ3) is 53.1. The van der Waals surface area contributed by atoms with Gasteiger partial charge in [-0.3, -0.25) is 9.59 Å². The highest BCUT2D eigenvalue weighted by Crippen LogP contribution is 2.24. The van der Waals surface area contributed by atoms with Crippen molar-refractivity contribution in [2.45, 2.75) is 436 Å². The molecule has 6 N–H and O–H groups in total. The van der Waals surface area contributed by atoms with Gasteiger partial charge < -0.3 is 45.1 Å². The van der Waals surface area contributed by atoms with E-state index in [0.717, 1.165) is 51.4 Å².